The van der Waals surface area contributed by atoms with Crippen molar-refractivity contribution in [3.05, 3.63) is 53.3 Å². The number of allylic oxidation sites excluding steroid dienone is 1. The number of benzene rings is 1. The molecular weight excluding hydrogens is 212 g/mol. The zero-order valence-corrected chi connectivity index (χ0v) is 10.6. The molecule has 0 atom stereocenters. The van der Waals surface area contributed by atoms with Crippen LogP contribution in [0.1, 0.15) is 31.4 Å². The first kappa shape index (κ1) is 13.2. The van der Waals surface area contributed by atoms with Gasteiger partial charge in [0.1, 0.15) is 0 Å². The molecule has 0 unspecified atom stereocenters. The maximum absolute atomic E-state index is 11.4. The maximum Gasteiger partial charge on any atom is 0.338 e. The van der Waals surface area contributed by atoms with Crippen molar-refractivity contribution in [2.45, 2.75) is 27.2 Å². The molecule has 0 aliphatic rings. The Morgan fingerprint density at radius 1 is 1.29 bits per heavy atom. The lowest BCUT2D eigenvalue weighted by Gasteiger charge is -1.99. The van der Waals surface area contributed by atoms with E-state index in [1.807, 2.05) is 44.2 Å². The summed E-state index contributed by atoms with van der Waals surface area (Å²) in [6.07, 6.45) is 5.89. The van der Waals surface area contributed by atoms with Crippen molar-refractivity contribution in [3.8, 4) is 0 Å². The summed E-state index contributed by atoms with van der Waals surface area (Å²) < 4.78 is 5.00. The van der Waals surface area contributed by atoms with Gasteiger partial charge in [0.05, 0.1) is 6.26 Å². The first-order chi connectivity index (χ1) is 8.13. The minimum atomic E-state index is -0.296. The van der Waals surface area contributed by atoms with E-state index in [1.165, 1.54) is 11.8 Å². The van der Waals surface area contributed by atoms with Crippen LogP contribution in [0.3, 0.4) is 0 Å². The monoisotopic (exact) mass is 230 g/mol. The van der Waals surface area contributed by atoms with Gasteiger partial charge < -0.3 is 4.74 Å². The standard InChI is InChI=1S/C15H18O2/c1-4-5-13(3)15(16)17-11-10-14-8-6-12(2)7-9-14/h5-11H,4H2,1-3H3. The van der Waals surface area contributed by atoms with Crippen LogP contribution in [0.15, 0.2) is 42.2 Å². The molecule has 0 heterocycles. The molecule has 0 fully saturated rings. The summed E-state index contributed by atoms with van der Waals surface area (Å²) in [5, 5.41) is 0. The van der Waals surface area contributed by atoms with Gasteiger partial charge in [0.2, 0.25) is 0 Å². The number of rotatable bonds is 4. The van der Waals surface area contributed by atoms with Crippen LogP contribution >= 0.6 is 0 Å². The van der Waals surface area contributed by atoms with Gasteiger partial charge in [-0.25, -0.2) is 4.79 Å². The molecule has 0 saturated heterocycles. The third kappa shape index (κ3) is 4.68. The van der Waals surface area contributed by atoms with E-state index < -0.39 is 0 Å². The van der Waals surface area contributed by atoms with E-state index in [0.717, 1.165) is 12.0 Å². The normalized spacial score (nSPS) is 11.8. The van der Waals surface area contributed by atoms with Crippen molar-refractivity contribution in [2.24, 2.45) is 0 Å². The number of carbonyl (C=O) groups is 1. The number of ether oxygens (including phenoxy) is 1. The second-order valence-electron chi connectivity index (χ2n) is 3.91. The Morgan fingerprint density at radius 2 is 1.94 bits per heavy atom. The molecule has 2 heteroatoms. The van der Waals surface area contributed by atoms with Crippen molar-refractivity contribution in [3.63, 3.8) is 0 Å². The van der Waals surface area contributed by atoms with E-state index >= 15 is 0 Å². The second-order valence-corrected chi connectivity index (χ2v) is 3.91. The Kier molecular flexibility index (Phi) is 5.21. The molecule has 90 valence electrons. The van der Waals surface area contributed by atoms with E-state index in [1.54, 1.807) is 13.0 Å². The van der Waals surface area contributed by atoms with Crippen LogP contribution in [0.4, 0.5) is 0 Å². The summed E-state index contributed by atoms with van der Waals surface area (Å²) in [4.78, 5) is 11.4. The molecule has 0 aromatic heterocycles. The highest BCUT2D eigenvalue weighted by atomic mass is 16.5. The Balaban J connectivity index is 2.53. The quantitative estimate of drug-likeness (QED) is 0.446. The van der Waals surface area contributed by atoms with Gasteiger partial charge in [0, 0.05) is 5.57 Å². The predicted octanol–water partition coefficient (Wildman–Crippen LogP) is 3.87. The molecule has 1 rings (SSSR count). The van der Waals surface area contributed by atoms with Crippen LogP contribution in [0.5, 0.6) is 0 Å². The average molecular weight is 230 g/mol. The average Bonchev–Trinajstić information content (AvgIpc) is 2.32. The third-order valence-corrected chi connectivity index (χ3v) is 2.35. The molecule has 0 N–H and O–H groups in total. The maximum atomic E-state index is 11.4. The van der Waals surface area contributed by atoms with Crippen LogP contribution in [-0.4, -0.2) is 5.97 Å². The van der Waals surface area contributed by atoms with Gasteiger partial charge >= 0.3 is 5.97 Å². The Hall–Kier alpha value is -1.83. The minimum absolute atomic E-state index is 0.296. The van der Waals surface area contributed by atoms with E-state index in [0.29, 0.717) is 5.57 Å². The Bertz CT molecular complexity index is 425. The first-order valence-corrected chi connectivity index (χ1v) is 5.74. The summed E-state index contributed by atoms with van der Waals surface area (Å²) in [6, 6.07) is 8.00. The van der Waals surface area contributed by atoms with Crippen molar-refractivity contribution in [1.82, 2.24) is 0 Å². The lowest BCUT2D eigenvalue weighted by molar-refractivity contribution is -0.133. The number of hydrogen-bond donors (Lipinski definition) is 0. The van der Waals surface area contributed by atoms with Gasteiger partial charge in [-0.05, 0) is 31.9 Å². The van der Waals surface area contributed by atoms with Crippen LogP contribution < -0.4 is 0 Å². The minimum Gasteiger partial charge on any atom is -0.431 e. The molecule has 0 bridgehead atoms. The molecule has 0 spiro atoms. The molecule has 0 aliphatic carbocycles. The van der Waals surface area contributed by atoms with Crippen molar-refractivity contribution >= 4 is 12.0 Å². The van der Waals surface area contributed by atoms with E-state index in [4.69, 9.17) is 4.74 Å². The van der Waals surface area contributed by atoms with Crippen LogP contribution in [0.2, 0.25) is 0 Å². The van der Waals surface area contributed by atoms with Crippen molar-refractivity contribution < 1.29 is 9.53 Å². The highest BCUT2D eigenvalue weighted by Crippen LogP contribution is 2.06. The van der Waals surface area contributed by atoms with Crippen LogP contribution in [0, 0.1) is 6.92 Å². The third-order valence-electron chi connectivity index (χ3n) is 2.35. The Morgan fingerprint density at radius 3 is 2.53 bits per heavy atom. The zero-order valence-electron chi connectivity index (χ0n) is 10.6. The van der Waals surface area contributed by atoms with Crippen molar-refractivity contribution in [2.75, 3.05) is 0 Å². The molecule has 2 nitrogen and oxygen atoms in total. The van der Waals surface area contributed by atoms with Gasteiger partial charge in [-0.2, -0.15) is 0 Å². The van der Waals surface area contributed by atoms with Gasteiger partial charge in [-0.15, -0.1) is 0 Å². The van der Waals surface area contributed by atoms with Gasteiger partial charge in [0.15, 0.2) is 0 Å². The summed E-state index contributed by atoms with van der Waals surface area (Å²) in [6.45, 7) is 5.77. The summed E-state index contributed by atoms with van der Waals surface area (Å²) in [5.74, 6) is -0.296. The van der Waals surface area contributed by atoms with Crippen LogP contribution in [0.25, 0.3) is 6.08 Å². The summed E-state index contributed by atoms with van der Waals surface area (Å²) in [5.41, 5.74) is 2.86. The van der Waals surface area contributed by atoms with E-state index in [-0.39, 0.29) is 5.97 Å². The topological polar surface area (TPSA) is 26.3 Å². The molecule has 0 saturated carbocycles. The summed E-state index contributed by atoms with van der Waals surface area (Å²) in [7, 11) is 0. The fraction of sp³-hybridized carbons (Fsp3) is 0.267. The largest absolute Gasteiger partial charge is 0.431 e. The molecule has 17 heavy (non-hydrogen) atoms. The fourth-order valence-corrected chi connectivity index (χ4v) is 1.33. The fourth-order valence-electron chi connectivity index (χ4n) is 1.33. The molecule has 0 aliphatic heterocycles. The lowest BCUT2D eigenvalue weighted by Crippen LogP contribution is -2.00. The SMILES string of the molecule is CCC=C(C)C(=O)OC=Cc1ccc(C)cc1. The second kappa shape index (κ2) is 6.69. The number of carbonyl (C=O) groups excluding carboxylic acids is 1. The highest BCUT2D eigenvalue weighted by molar-refractivity contribution is 5.88. The molecule has 0 radical (unpaired) electrons. The van der Waals surface area contributed by atoms with E-state index in [9.17, 15) is 4.79 Å². The molecular formula is C15H18O2. The smallest absolute Gasteiger partial charge is 0.338 e. The Labute approximate surface area is 103 Å². The highest BCUT2D eigenvalue weighted by Gasteiger charge is 2.01. The number of hydrogen-bond acceptors (Lipinski definition) is 2. The molecule has 0 amide bonds. The first-order valence-electron chi connectivity index (χ1n) is 5.74. The predicted molar refractivity (Wildman–Crippen MR) is 70.4 cm³/mol. The van der Waals surface area contributed by atoms with Crippen molar-refractivity contribution in [1.29, 1.82) is 0 Å². The molecule has 1 aromatic rings. The lowest BCUT2D eigenvalue weighted by atomic mass is 10.1. The summed E-state index contributed by atoms with van der Waals surface area (Å²) >= 11 is 0. The zero-order chi connectivity index (χ0) is 12.7. The van der Waals surface area contributed by atoms with E-state index in [2.05, 4.69) is 0 Å². The van der Waals surface area contributed by atoms with Gasteiger partial charge in [-0.1, -0.05) is 42.8 Å². The molecule has 1 aromatic carbocycles. The number of aryl methyl sites for hydroxylation is 1. The number of esters is 1. The van der Waals surface area contributed by atoms with Gasteiger partial charge in [0.25, 0.3) is 0 Å². The van der Waals surface area contributed by atoms with Gasteiger partial charge in [-0.3, -0.25) is 0 Å². The van der Waals surface area contributed by atoms with Crippen LogP contribution in [-0.2, 0) is 9.53 Å².